The van der Waals surface area contributed by atoms with Crippen LogP contribution in [0.2, 0.25) is 9.84 Å². The summed E-state index contributed by atoms with van der Waals surface area (Å²) in [6.45, 7) is 0. The molecule has 0 spiro atoms. The average molecular weight is 370 g/mol. The Balaban J connectivity index is 2.23. The SMILES string of the molecule is COC(=O)[C@@H]([Se]c1ccccc1)[C@H](O)c1ccc(Cl)cc1. The molecule has 5 heteroatoms. The van der Waals surface area contributed by atoms with Crippen LogP contribution in [0.4, 0.5) is 0 Å². The van der Waals surface area contributed by atoms with Crippen LogP contribution in [0, 0.1) is 0 Å². The second-order valence-corrected chi connectivity index (χ2v) is 7.36. The molecule has 0 fully saturated rings. The van der Waals surface area contributed by atoms with Gasteiger partial charge in [0.1, 0.15) is 0 Å². The van der Waals surface area contributed by atoms with Crippen LogP contribution in [0.5, 0.6) is 0 Å². The van der Waals surface area contributed by atoms with E-state index in [2.05, 4.69) is 0 Å². The number of hydrogen-bond acceptors (Lipinski definition) is 3. The van der Waals surface area contributed by atoms with Crippen molar-refractivity contribution in [2.75, 3.05) is 7.11 Å². The van der Waals surface area contributed by atoms with Gasteiger partial charge in [0.25, 0.3) is 0 Å². The van der Waals surface area contributed by atoms with Gasteiger partial charge < -0.3 is 0 Å². The fraction of sp³-hybridized carbons (Fsp3) is 0.188. The van der Waals surface area contributed by atoms with E-state index in [0.29, 0.717) is 10.6 Å². The third kappa shape index (κ3) is 4.32. The van der Waals surface area contributed by atoms with E-state index < -0.39 is 16.9 Å². The topological polar surface area (TPSA) is 46.5 Å². The zero-order chi connectivity index (χ0) is 15.2. The Hall–Kier alpha value is -1.32. The molecule has 2 aromatic rings. The monoisotopic (exact) mass is 370 g/mol. The molecular weight excluding hydrogens is 355 g/mol. The van der Waals surface area contributed by atoms with E-state index in [-0.39, 0.29) is 15.0 Å². The van der Waals surface area contributed by atoms with Gasteiger partial charge in [-0.25, -0.2) is 0 Å². The minimum absolute atomic E-state index is 0.229. The fourth-order valence-electron chi connectivity index (χ4n) is 1.84. The molecule has 0 bridgehead atoms. The Bertz CT molecular complexity index is 586. The summed E-state index contributed by atoms with van der Waals surface area (Å²) in [5.74, 6) is -0.402. The number of carbonyl (C=O) groups is 1. The summed E-state index contributed by atoms with van der Waals surface area (Å²) in [5, 5.41) is 11.1. The van der Waals surface area contributed by atoms with Crippen molar-refractivity contribution >= 4 is 37.0 Å². The molecule has 2 rings (SSSR count). The average Bonchev–Trinajstić information content (AvgIpc) is 2.53. The zero-order valence-corrected chi connectivity index (χ0v) is 13.9. The van der Waals surface area contributed by atoms with Crippen LogP contribution in [0.1, 0.15) is 11.7 Å². The molecule has 1 N–H and O–H groups in total. The van der Waals surface area contributed by atoms with Gasteiger partial charge in [0.2, 0.25) is 0 Å². The molecule has 0 radical (unpaired) electrons. The maximum absolute atomic E-state index is 12.0. The Kier molecular flexibility index (Phi) is 5.83. The van der Waals surface area contributed by atoms with E-state index in [0.717, 1.165) is 4.46 Å². The summed E-state index contributed by atoms with van der Waals surface area (Å²) >= 11 is 5.62. The Labute approximate surface area is 135 Å². The van der Waals surface area contributed by atoms with Crippen LogP contribution < -0.4 is 4.46 Å². The van der Waals surface area contributed by atoms with Gasteiger partial charge in [-0.3, -0.25) is 0 Å². The van der Waals surface area contributed by atoms with E-state index in [1.807, 2.05) is 30.3 Å². The number of halogens is 1. The summed E-state index contributed by atoms with van der Waals surface area (Å²) in [7, 11) is 1.34. The summed E-state index contributed by atoms with van der Waals surface area (Å²) in [4.78, 5) is 11.4. The number of aliphatic hydroxyl groups is 1. The van der Waals surface area contributed by atoms with Crippen molar-refractivity contribution in [1.82, 2.24) is 0 Å². The van der Waals surface area contributed by atoms with Crippen molar-refractivity contribution < 1.29 is 14.6 Å². The first kappa shape index (κ1) is 16.1. The van der Waals surface area contributed by atoms with Crippen LogP contribution >= 0.6 is 11.6 Å². The molecule has 0 aliphatic heterocycles. The molecule has 21 heavy (non-hydrogen) atoms. The van der Waals surface area contributed by atoms with Gasteiger partial charge in [0, 0.05) is 0 Å². The van der Waals surface area contributed by atoms with Gasteiger partial charge in [0.05, 0.1) is 0 Å². The summed E-state index contributed by atoms with van der Waals surface area (Å²) in [5.41, 5.74) is 0.660. The number of rotatable bonds is 5. The minimum atomic E-state index is -0.907. The van der Waals surface area contributed by atoms with E-state index in [1.165, 1.54) is 7.11 Å². The van der Waals surface area contributed by atoms with Crippen molar-refractivity contribution in [2.45, 2.75) is 10.9 Å². The van der Waals surface area contributed by atoms with E-state index in [1.54, 1.807) is 24.3 Å². The molecule has 0 aliphatic carbocycles. The van der Waals surface area contributed by atoms with Gasteiger partial charge in [0.15, 0.2) is 0 Å². The van der Waals surface area contributed by atoms with Crippen LogP contribution in [0.3, 0.4) is 0 Å². The molecule has 0 unspecified atom stereocenters. The van der Waals surface area contributed by atoms with Crippen molar-refractivity contribution in [3.8, 4) is 0 Å². The first-order valence-electron chi connectivity index (χ1n) is 6.35. The zero-order valence-electron chi connectivity index (χ0n) is 11.4. The molecule has 0 heterocycles. The van der Waals surface area contributed by atoms with Crippen molar-refractivity contribution in [3.05, 3.63) is 65.2 Å². The van der Waals surface area contributed by atoms with E-state index in [9.17, 15) is 9.90 Å². The standard InChI is InChI=1S/C16H15ClO3Se/c1-20-16(19)15(21-13-5-3-2-4-6-13)14(18)11-7-9-12(17)10-8-11/h2-10,14-15,18H,1H3/t14-,15+/m1/s1. The number of esters is 1. The second-order valence-electron chi connectivity index (χ2n) is 4.37. The quantitative estimate of drug-likeness (QED) is 0.650. The van der Waals surface area contributed by atoms with E-state index in [4.69, 9.17) is 16.3 Å². The summed E-state index contributed by atoms with van der Waals surface area (Å²) < 4.78 is 5.88. The number of aliphatic hydroxyl groups excluding tert-OH is 1. The van der Waals surface area contributed by atoms with Crippen LogP contribution in [0.15, 0.2) is 54.6 Å². The molecule has 2 atom stereocenters. The normalized spacial score (nSPS) is 13.5. The number of hydrogen-bond donors (Lipinski definition) is 1. The number of benzene rings is 2. The first-order chi connectivity index (χ1) is 10.1. The van der Waals surface area contributed by atoms with Gasteiger partial charge in [-0.2, -0.15) is 0 Å². The predicted octanol–water partition coefficient (Wildman–Crippen LogP) is 2.36. The van der Waals surface area contributed by atoms with Gasteiger partial charge in [-0.05, 0) is 0 Å². The third-order valence-electron chi connectivity index (χ3n) is 2.94. The Morgan fingerprint density at radius 2 is 1.76 bits per heavy atom. The third-order valence-corrected chi connectivity index (χ3v) is 5.81. The van der Waals surface area contributed by atoms with Crippen LogP contribution in [0.25, 0.3) is 0 Å². The van der Waals surface area contributed by atoms with E-state index >= 15 is 0 Å². The molecule has 3 nitrogen and oxygen atoms in total. The molecular formula is C16H15ClO3Se. The first-order valence-corrected chi connectivity index (χ1v) is 8.57. The maximum atomic E-state index is 12.0. The number of carbonyl (C=O) groups excluding carboxylic acids is 1. The van der Waals surface area contributed by atoms with Crippen LogP contribution in [-0.4, -0.2) is 33.1 Å². The van der Waals surface area contributed by atoms with Gasteiger partial charge >= 0.3 is 135 Å². The number of ether oxygens (including phenoxy) is 1. The molecule has 0 saturated heterocycles. The predicted molar refractivity (Wildman–Crippen MR) is 84.0 cm³/mol. The molecule has 110 valence electrons. The van der Waals surface area contributed by atoms with Gasteiger partial charge in [-0.1, -0.05) is 0 Å². The van der Waals surface area contributed by atoms with Crippen molar-refractivity contribution in [1.29, 1.82) is 0 Å². The summed E-state index contributed by atoms with van der Waals surface area (Å²) in [6.07, 6.45) is -0.907. The van der Waals surface area contributed by atoms with Crippen molar-refractivity contribution in [2.24, 2.45) is 0 Å². The van der Waals surface area contributed by atoms with Gasteiger partial charge in [-0.15, -0.1) is 0 Å². The molecule has 0 aliphatic rings. The molecule has 0 saturated carbocycles. The van der Waals surface area contributed by atoms with Crippen LogP contribution in [-0.2, 0) is 9.53 Å². The Morgan fingerprint density at radius 1 is 1.14 bits per heavy atom. The number of methoxy groups -OCH3 is 1. The summed E-state index contributed by atoms with van der Waals surface area (Å²) in [6, 6.07) is 16.5. The molecule has 0 aromatic heterocycles. The Morgan fingerprint density at radius 3 is 2.33 bits per heavy atom. The molecule has 2 aromatic carbocycles. The van der Waals surface area contributed by atoms with Crippen molar-refractivity contribution in [3.63, 3.8) is 0 Å². The molecule has 0 amide bonds. The fourth-order valence-corrected chi connectivity index (χ4v) is 4.24. The second kappa shape index (κ2) is 7.62.